The van der Waals surface area contributed by atoms with Crippen molar-refractivity contribution in [3.8, 4) is 0 Å². The van der Waals surface area contributed by atoms with Gasteiger partial charge in [-0.15, -0.1) is 11.3 Å². The lowest BCUT2D eigenvalue weighted by Gasteiger charge is -2.22. The Morgan fingerprint density at radius 3 is 2.90 bits per heavy atom. The summed E-state index contributed by atoms with van der Waals surface area (Å²) in [5.74, 6) is 1.10. The molecule has 0 saturated heterocycles. The molecule has 2 aromatic heterocycles. The van der Waals surface area contributed by atoms with Crippen LogP contribution in [0.5, 0.6) is 0 Å². The van der Waals surface area contributed by atoms with Crippen LogP contribution in [0.2, 0.25) is 0 Å². The Morgan fingerprint density at radius 2 is 2.24 bits per heavy atom. The van der Waals surface area contributed by atoms with Crippen molar-refractivity contribution >= 4 is 17.2 Å². The minimum atomic E-state index is 0.746. The summed E-state index contributed by atoms with van der Waals surface area (Å²) in [4.78, 5) is 8.46. The molecule has 0 aromatic carbocycles. The van der Waals surface area contributed by atoms with Gasteiger partial charge in [-0.2, -0.15) is 0 Å². The molecule has 0 spiro atoms. The fraction of sp³-hybridized carbons (Fsp3) is 0.471. The molecule has 0 unspecified atom stereocenters. The Kier molecular flexibility index (Phi) is 4.56. The van der Waals surface area contributed by atoms with Crippen molar-refractivity contribution in [3.05, 3.63) is 45.8 Å². The number of pyridine rings is 1. The van der Waals surface area contributed by atoms with Crippen LogP contribution in [-0.2, 0) is 13.1 Å². The Hall–Kier alpha value is -1.39. The van der Waals surface area contributed by atoms with Gasteiger partial charge in [0.25, 0.3) is 0 Å². The predicted molar refractivity (Wildman–Crippen MR) is 89.9 cm³/mol. The molecule has 3 rings (SSSR count). The SMILES string of the molecule is CCN(Cc1cccs1)c1cc(CNC2CC2)cc(C)n1. The maximum atomic E-state index is 4.73. The van der Waals surface area contributed by atoms with Crippen LogP contribution in [0.25, 0.3) is 0 Å². The third kappa shape index (κ3) is 4.05. The highest BCUT2D eigenvalue weighted by atomic mass is 32.1. The molecular weight excluding hydrogens is 278 g/mol. The lowest BCUT2D eigenvalue weighted by molar-refractivity contribution is 0.685. The highest BCUT2D eigenvalue weighted by Gasteiger charge is 2.20. The van der Waals surface area contributed by atoms with E-state index in [0.29, 0.717) is 0 Å². The summed E-state index contributed by atoms with van der Waals surface area (Å²) in [6.07, 6.45) is 2.66. The molecule has 4 heteroatoms. The molecule has 1 N–H and O–H groups in total. The molecule has 0 amide bonds. The summed E-state index contributed by atoms with van der Waals surface area (Å²) < 4.78 is 0. The average molecular weight is 301 g/mol. The Morgan fingerprint density at radius 1 is 1.38 bits per heavy atom. The minimum absolute atomic E-state index is 0.746. The van der Waals surface area contributed by atoms with Crippen LogP contribution >= 0.6 is 11.3 Å². The van der Waals surface area contributed by atoms with Crippen LogP contribution in [0, 0.1) is 6.92 Å². The van der Waals surface area contributed by atoms with E-state index in [1.807, 2.05) is 11.3 Å². The lowest BCUT2D eigenvalue weighted by atomic mass is 10.2. The molecular formula is C17H23N3S. The van der Waals surface area contributed by atoms with Gasteiger partial charge in [0.05, 0.1) is 6.54 Å². The minimum Gasteiger partial charge on any atom is -0.352 e. The summed E-state index contributed by atoms with van der Waals surface area (Å²) in [6, 6.07) is 9.48. The second kappa shape index (κ2) is 6.58. The molecule has 0 bridgehead atoms. The van der Waals surface area contributed by atoms with Gasteiger partial charge in [-0.1, -0.05) is 6.07 Å². The van der Waals surface area contributed by atoms with E-state index in [4.69, 9.17) is 4.98 Å². The quantitative estimate of drug-likeness (QED) is 0.844. The number of aromatic nitrogens is 1. The fourth-order valence-electron chi connectivity index (χ4n) is 2.48. The smallest absolute Gasteiger partial charge is 0.129 e. The average Bonchev–Trinajstić information content (AvgIpc) is 3.17. The van der Waals surface area contributed by atoms with Crippen molar-refractivity contribution in [1.29, 1.82) is 0 Å². The van der Waals surface area contributed by atoms with Crippen molar-refractivity contribution in [2.75, 3.05) is 11.4 Å². The molecule has 0 atom stereocenters. The van der Waals surface area contributed by atoms with Gasteiger partial charge >= 0.3 is 0 Å². The molecule has 0 aliphatic heterocycles. The van der Waals surface area contributed by atoms with E-state index in [1.54, 1.807) is 0 Å². The largest absolute Gasteiger partial charge is 0.352 e. The third-order valence-corrected chi connectivity index (χ3v) is 4.67. The molecule has 112 valence electrons. The van der Waals surface area contributed by atoms with Crippen LogP contribution in [0.15, 0.2) is 29.6 Å². The van der Waals surface area contributed by atoms with Gasteiger partial charge < -0.3 is 10.2 Å². The first-order valence-electron chi connectivity index (χ1n) is 7.73. The van der Waals surface area contributed by atoms with Crippen LogP contribution < -0.4 is 10.2 Å². The number of rotatable bonds is 7. The van der Waals surface area contributed by atoms with E-state index >= 15 is 0 Å². The first-order chi connectivity index (χ1) is 10.2. The van der Waals surface area contributed by atoms with Crippen molar-refractivity contribution < 1.29 is 0 Å². The second-order valence-electron chi connectivity index (χ2n) is 5.72. The third-order valence-electron chi connectivity index (χ3n) is 3.80. The first-order valence-corrected chi connectivity index (χ1v) is 8.61. The number of nitrogens with zero attached hydrogens (tertiary/aromatic N) is 2. The summed E-state index contributed by atoms with van der Waals surface area (Å²) in [7, 11) is 0. The van der Waals surface area contributed by atoms with Crippen molar-refractivity contribution in [2.45, 2.75) is 45.8 Å². The summed E-state index contributed by atoms with van der Waals surface area (Å²) in [5.41, 5.74) is 2.44. The Labute approximate surface area is 131 Å². The predicted octanol–water partition coefficient (Wildman–Crippen LogP) is 3.73. The maximum absolute atomic E-state index is 4.73. The molecule has 1 aliphatic carbocycles. The van der Waals surface area contributed by atoms with Gasteiger partial charge in [-0.05, 0) is 55.8 Å². The van der Waals surface area contributed by atoms with Gasteiger partial charge in [0.15, 0.2) is 0 Å². The molecule has 2 aromatic rings. The molecule has 2 heterocycles. The second-order valence-corrected chi connectivity index (χ2v) is 6.76. The van der Waals surface area contributed by atoms with Crippen LogP contribution in [0.4, 0.5) is 5.82 Å². The maximum Gasteiger partial charge on any atom is 0.129 e. The zero-order valence-corrected chi connectivity index (χ0v) is 13.6. The molecule has 21 heavy (non-hydrogen) atoms. The van der Waals surface area contributed by atoms with Crippen molar-refractivity contribution in [1.82, 2.24) is 10.3 Å². The zero-order chi connectivity index (χ0) is 14.7. The topological polar surface area (TPSA) is 28.2 Å². The number of aryl methyl sites for hydroxylation is 1. The van der Waals surface area contributed by atoms with E-state index < -0.39 is 0 Å². The Balaban J connectivity index is 1.74. The van der Waals surface area contributed by atoms with Crippen molar-refractivity contribution in [2.24, 2.45) is 0 Å². The van der Waals surface area contributed by atoms with Gasteiger partial charge in [0.2, 0.25) is 0 Å². The van der Waals surface area contributed by atoms with Gasteiger partial charge in [0.1, 0.15) is 5.82 Å². The van der Waals surface area contributed by atoms with E-state index in [2.05, 4.69) is 53.7 Å². The van der Waals surface area contributed by atoms with Gasteiger partial charge in [0, 0.05) is 29.7 Å². The number of thiophene rings is 1. The van der Waals surface area contributed by atoms with E-state index in [-0.39, 0.29) is 0 Å². The van der Waals surface area contributed by atoms with Crippen molar-refractivity contribution in [3.63, 3.8) is 0 Å². The number of hydrogen-bond acceptors (Lipinski definition) is 4. The number of anilines is 1. The van der Waals surface area contributed by atoms with Gasteiger partial charge in [-0.25, -0.2) is 4.98 Å². The zero-order valence-electron chi connectivity index (χ0n) is 12.8. The van der Waals surface area contributed by atoms with Crippen LogP contribution in [0.1, 0.15) is 35.9 Å². The van der Waals surface area contributed by atoms with Crippen LogP contribution in [0.3, 0.4) is 0 Å². The summed E-state index contributed by atoms with van der Waals surface area (Å²) in [6.45, 7) is 7.16. The normalized spacial score (nSPS) is 14.4. The Bertz CT molecular complexity index is 576. The van der Waals surface area contributed by atoms with E-state index in [9.17, 15) is 0 Å². The molecule has 1 aliphatic rings. The summed E-state index contributed by atoms with van der Waals surface area (Å²) in [5, 5.41) is 5.72. The van der Waals surface area contributed by atoms with E-state index in [1.165, 1.54) is 23.3 Å². The fourth-order valence-corrected chi connectivity index (χ4v) is 3.20. The monoisotopic (exact) mass is 301 g/mol. The highest BCUT2D eigenvalue weighted by Crippen LogP contribution is 2.22. The standard InChI is InChI=1S/C17H23N3S/c1-3-20(12-16-5-4-8-21-16)17-10-14(9-13(2)19-17)11-18-15-6-7-15/h4-5,8-10,15,18H,3,6-7,11-12H2,1-2H3. The molecule has 1 fully saturated rings. The lowest BCUT2D eigenvalue weighted by Crippen LogP contribution is -2.23. The summed E-state index contributed by atoms with van der Waals surface area (Å²) >= 11 is 1.81. The van der Waals surface area contributed by atoms with Gasteiger partial charge in [-0.3, -0.25) is 0 Å². The first kappa shape index (κ1) is 14.5. The molecule has 1 saturated carbocycles. The van der Waals surface area contributed by atoms with Crippen LogP contribution in [-0.4, -0.2) is 17.6 Å². The number of nitrogens with one attached hydrogen (secondary N) is 1. The number of hydrogen-bond donors (Lipinski definition) is 1. The van der Waals surface area contributed by atoms with E-state index in [0.717, 1.165) is 37.2 Å². The molecule has 3 nitrogen and oxygen atoms in total. The highest BCUT2D eigenvalue weighted by molar-refractivity contribution is 7.09. The molecule has 0 radical (unpaired) electrons.